The first-order chi connectivity index (χ1) is 7.55. The van der Waals surface area contributed by atoms with Crippen molar-refractivity contribution >= 4 is 0 Å². The second-order valence-electron chi connectivity index (χ2n) is 4.90. The van der Waals surface area contributed by atoms with Gasteiger partial charge in [-0.2, -0.15) is 0 Å². The van der Waals surface area contributed by atoms with Gasteiger partial charge in [0, 0.05) is 18.7 Å². The number of hydrogen-bond donors (Lipinski definition) is 2. The Balaban J connectivity index is 2.39. The van der Waals surface area contributed by atoms with Gasteiger partial charge in [-0.15, -0.1) is 0 Å². The Labute approximate surface area is 97.0 Å². The van der Waals surface area contributed by atoms with Gasteiger partial charge in [-0.1, -0.05) is 32.0 Å². The lowest BCUT2D eigenvalue weighted by Gasteiger charge is -2.24. The number of rotatable bonds is 6. The minimum absolute atomic E-state index is 0.147. The molecule has 0 saturated heterocycles. The maximum Gasteiger partial charge on any atom is 0.127 e. The van der Waals surface area contributed by atoms with Crippen LogP contribution in [0, 0.1) is 11.2 Å². The molecule has 0 fully saturated rings. The highest BCUT2D eigenvalue weighted by Gasteiger charge is 2.15. The Morgan fingerprint density at radius 1 is 1.31 bits per heavy atom. The monoisotopic (exact) mass is 224 g/mol. The Hall–Kier alpha value is -0.930. The third-order valence-electron chi connectivity index (χ3n) is 2.70. The summed E-state index contributed by atoms with van der Waals surface area (Å²) in [7, 11) is 0. The molecule has 3 heteroatoms. The van der Waals surface area contributed by atoms with Gasteiger partial charge in [0.1, 0.15) is 5.82 Å². The zero-order chi connectivity index (χ0) is 12.0. The van der Waals surface area contributed by atoms with Crippen molar-refractivity contribution in [2.75, 3.05) is 13.1 Å². The average Bonchev–Trinajstić information content (AvgIpc) is 2.20. The predicted octanol–water partition coefficient (Wildman–Crippen LogP) is 2.29. The molecule has 2 nitrogen and oxygen atoms in total. The lowest BCUT2D eigenvalue weighted by molar-refractivity contribution is 0.318. The largest absolute Gasteiger partial charge is 0.330 e. The van der Waals surface area contributed by atoms with E-state index in [0.717, 1.165) is 13.0 Å². The van der Waals surface area contributed by atoms with Crippen molar-refractivity contribution in [1.82, 2.24) is 5.32 Å². The molecule has 0 spiro atoms. The van der Waals surface area contributed by atoms with Crippen LogP contribution in [-0.4, -0.2) is 13.1 Å². The highest BCUT2D eigenvalue weighted by Crippen LogP contribution is 2.18. The van der Waals surface area contributed by atoms with Crippen molar-refractivity contribution in [1.29, 1.82) is 0 Å². The minimum atomic E-state index is -0.147. The van der Waals surface area contributed by atoms with E-state index in [4.69, 9.17) is 5.73 Å². The Morgan fingerprint density at radius 3 is 2.62 bits per heavy atom. The third-order valence-corrected chi connectivity index (χ3v) is 2.70. The van der Waals surface area contributed by atoms with Crippen LogP contribution in [0.5, 0.6) is 0 Å². The van der Waals surface area contributed by atoms with Gasteiger partial charge < -0.3 is 11.1 Å². The van der Waals surface area contributed by atoms with Crippen molar-refractivity contribution in [3.05, 3.63) is 35.6 Å². The van der Waals surface area contributed by atoms with Crippen LogP contribution in [0.3, 0.4) is 0 Å². The van der Waals surface area contributed by atoms with E-state index in [0.29, 0.717) is 18.7 Å². The second-order valence-corrected chi connectivity index (χ2v) is 4.90. The Morgan fingerprint density at radius 2 is 2.00 bits per heavy atom. The van der Waals surface area contributed by atoms with Gasteiger partial charge in [0.25, 0.3) is 0 Å². The number of nitrogens with two attached hydrogens (primary N) is 1. The number of nitrogens with one attached hydrogen (secondary N) is 1. The fourth-order valence-corrected chi connectivity index (χ4v) is 1.66. The van der Waals surface area contributed by atoms with Gasteiger partial charge in [-0.25, -0.2) is 4.39 Å². The van der Waals surface area contributed by atoms with Crippen molar-refractivity contribution < 1.29 is 4.39 Å². The smallest absolute Gasteiger partial charge is 0.127 e. The Kier molecular flexibility index (Phi) is 4.90. The fraction of sp³-hybridized carbons (Fsp3) is 0.538. The molecule has 0 unspecified atom stereocenters. The Bertz CT molecular complexity index is 323. The maximum atomic E-state index is 13.3. The van der Waals surface area contributed by atoms with Crippen molar-refractivity contribution in [3.63, 3.8) is 0 Å². The van der Waals surface area contributed by atoms with E-state index >= 15 is 0 Å². The topological polar surface area (TPSA) is 38.0 Å². The summed E-state index contributed by atoms with van der Waals surface area (Å²) in [4.78, 5) is 0. The van der Waals surface area contributed by atoms with E-state index in [1.54, 1.807) is 12.1 Å². The van der Waals surface area contributed by atoms with Crippen LogP contribution in [0.15, 0.2) is 24.3 Å². The maximum absolute atomic E-state index is 13.3. The average molecular weight is 224 g/mol. The summed E-state index contributed by atoms with van der Waals surface area (Å²) in [5.41, 5.74) is 6.41. The van der Waals surface area contributed by atoms with Gasteiger partial charge in [0.15, 0.2) is 0 Å². The quantitative estimate of drug-likeness (QED) is 0.778. The van der Waals surface area contributed by atoms with E-state index in [2.05, 4.69) is 19.2 Å². The zero-order valence-corrected chi connectivity index (χ0v) is 10.1. The van der Waals surface area contributed by atoms with Gasteiger partial charge in [0.2, 0.25) is 0 Å². The van der Waals surface area contributed by atoms with Gasteiger partial charge >= 0.3 is 0 Å². The first-order valence-corrected chi connectivity index (χ1v) is 5.69. The molecule has 16 heavy (non-hydrogen) atoms. The highest BCUT2D eigenvalue weighted by molar-refractivity contribution is 5.16. The molecule has 1 aromatic carbocycles. The van der Waals surface area contributed by atoms with Crippen molar-refractivity contribution in [2.24, 2.45) is 11.1 Å². The molecule has 0 aromatic heterocycles. The lowest BCUT2D eigenvalue weighted by Crippen LogP contribution is -2.31. The molecule has 0 amide bonds. The summed E-state index contributed by atoms with van der Waals surface area (Å²) in [6.07, 6.45) is 0.970. The molecule has 0 aliphatic rings. The molecule has 0 aliphatic carbocycles. The highest BCUT2D eigenvalue weighted by atomic mass is 19.1. The van der Waals surface area contributed by atoms with E-state index in [1.807, 2.05) is 6.07 Å². The first-order valence-electron chi connectivity index (χ1n) is 5.69. The van der Waals surface area contributed by atoms with Gasteiger partial charge in [0.05, 0.1) is 0 Å². The van der Waals surface area contributed by atoms with Crippen LogP contribution in [0.25, 0.3) is 0 Å². The molecule has 0 radical (unpaired) electrons. The predicted molar refractivity (Wildman–Crippen MR) is 65.6 cm³/mol. The molecular weight excluding hydrogens is 203 g/mol. The minimum Gasteiger partial charge on any atom is -0.330 e. The summed E-state index contributed by atoms with van der Waals surface area (Å²) < 4.78 is 13.3. The number of benzene rings is 1. The summed E-state index contributed by atoms with van der Waals surface area (Å²) in [6, 6.07) is 6.85. The van der Waals surface area contributed by atoms with E-state index < -0.39 is 0 Å². The second kappa shape index (κ2) is 5.97. The van der Waals surface area contributed by atoms with Crippen LogP contribution in [0.1, 0.15) is 25.8 Å². The normalized spacial score (nSPS) is 11.8. The van der Waals surface area contributed by atoms with E-state index in [-0.39, 0.29) is 11.2 Å². The SMILES string of the molecule is CC(C)(CCN)CNCc1ccccc1F. The molecule has 0 atom stereocenters. The van der Waals surface area contributed by atoms with Gasteiger partial charge in [-0.05, 0) is 24.4 Å². The molecule has 90 valence electrons. The standard InChI is InChI=1S/C13H21FN2/c1-13(2,7-8-15)10-16-9-11-5-3-4-6-12(11)14/h3-6,16H,7-10,15H2,1-2H3. The van der Waals surface area contributed by atoms with Crippen LogP contribution in [0.4, 0.5) is 4.39 Å². The van der Waals surface area contributed by atoms with Crippen molar-refractivity contribution in [2.45, 2.75) is 26.8 Å². The summed E-state index contributed by atoms with van der Waals surface area (Å²) in [6.45, 7) is 6.43. The lowest BCUT2D eigenvalue weighted by atomic mass is 9.89. The van der Waals surface area contributed by atoms with Crippen LogP contribution < -0.4 is 11.1 Å². The molecule has 1 aromatic rings. The summed E-state index contributed by atoms with van der Waals surface area (Å²) in [5.74, 6) is -0.147. The van der Waals surface area contributed by atoms with Crippen molar-refractivity contribution in [3.8, 4) is 0 Å². The molecule has 1 rings (SSSR count). The van der Waals surface area contributed by atoms with Crippen LogP contribution in [0.2, 0.25) is 0 Å². The fourth-order valence-electron chi connectivity index (χ4n) is 1.66. The molecule has 0 aliphatic heterocycles. The first kappa shape index (κ1) is 13.1. The summed E-state index contributed by atoms with van der Waals surface area (Å²) >= 11 is 0. The number of halogens is 1. The van der Waals surface area contributed by atoms with Gasteiger partial charge in [-0.3, -0.25) is 0 Å². The van der Waals surface area contributed by atoms with Crippen LogP contribution in [-0.2, 0) is 6.54 Å². The number of hydrogen-bond acceptors (Lipinski definition) is 2. The molecule has 3 N–H and O–H groups in total. The third kappa shape index (κ3) is 4.29. The molecule has 0 heterocycles. The molecular formula is C13H21FN2. The summed E-state index contributed by atoms with van der Waals surface area (Å²) in [5, 5.41) is 3.27. The van der Waals surface area contributed by atoms with E-state index in [1.165, 1.54) is 6.07 Å². The van der Waals surface area contributed by atoms with E-state index in [9.17, 15) is 4.39 Å². The zero-order valence-electron chi connectivity index (χ0n) is 10.1. The molecule has 0 bridgehead atoms. The molecule has 0 saturated carbocycles. The van der Waals surface area contributed by atoms with Crippen LogP contribution >= 0.6 is 0 Å².